The summed E-state index contributed by atoms with van der Waals surface area (Å²) in [6.07, 6.45) is 4.04. The van der Waals surface area contributed by atoms with Crippen molar-refractivity contribution < 1.29 is 4.39 Å². The zero-order valence-corrected chi connectivity index (χ0v) is 7.59. The Morgan fingerprint density at radius 3 is 2.54 bits per heavy atom. The molecule has 1 aromatic carbocycles. The predicted molar refractivity (Wildman–Crippen MR) is 52.2 cm³/mol. The van der Waals surface area contributed by atoms with E-state index in [2.05, 4.69) is 5.32 Å². The molecule has 13 heavy (non-hydrogen) atoms. The van der Waals surface area contributed by atoms with Crippen molar-refractivity contribution in [1.29, 1.82) is 0 Å². The predicted octanol–water partition coefficient (Wildman–Crippen LogP) is 3.04. The lowest BCUT2D eigenvalue weighted by Crippen LogP contribution is -2.01. The van der Waals surface area contributed by atoms with Crippen molar-refractivity contribution >= 4 is 5.69 Å². The summed E-state index contributed by atoms with van der Waals surface area (Å²) < 4.78 is 12.5. The van der Waals surface area contributed by atoms with Crippen LogP contribution in [0.5, 0.6) is 0 Å². The first-order valence-electron chi connectivity index (χ1n) is 4.84. The highest BCUT2D eigenvalue weighted by atomic mass is 19.1. The first-order chi connectivity index (χ1) is 6.34. The Morgan fingerprint density at radius 2 is 1.92 bits per heavy atom. The standard InChI is InChI=1S/C11H14FN/c12-10-3-5-11(6-4-10)13-8-7-9-1-2-9/h3-6,9,13H,1-2,7-8H2. The molecule has 1 aliphatic rings. The highest BCUT2D eigenvalue weighted by Crippen LogP contribution is 2.32. The first-order valence-corrected chi connectivity index (χ1v) is 4.84. The average Bonchev–Trinajstić information content (AvgIpc) is 2.92. The Hall–Kier alpha value is -1.05. The van der Waals surface area contributed by atoms with Gasteiger partial charge < -0.3 is 5.32 Å². The third-order valence-electron chi connectivity index (χ3n) is 2.42. The molecule has 0 aliphatic heterocycles. The van der Waals surface area contributed by atoms with Crippen LogP contribution in [0.25, 0.3) is 0 Å². The summed E-state index contributed by atoms with van der Waals surface area (Å²) in [5.74, 6) is 0.778. The van der Waals surface area contributed by atoms with E-state index in [9.17, 15) is 4.39 Å². The van der Waals surface area contributed by atoms with Gasteiger partial charge in [0.05, 0.1) is 0 Å². The zero-order chi connectivity index (χ0) is 9.10. The number of hydrogen-bond acceptors (Lipinski definition) is 1. The Bertz CT molecular complexity index is 264. The van der Waals surface area contributed by atoms with E-state index >= 15 is 0 Å². The van der Waals surface area contributed by atoms with Gasteiger partial charge in [0.15, 0.2) is 0 Å². The molecule has 1 saturated carbocycles. The molecule has 0 unspecified atom stereocenters. The van der Waals surface area contributed by atoms with E-state index in [0.717, 1.165) is 18.2 Å². The van der Waals surface area contributed by atoms with Crippen LogP contribution in [0.15, 0.2) is 24.3 Å². The SMILES string of the molecule is Fc1ccc(NCCC2CC2)cc1. The lowest BCUT2D eigenvalue weighted by Gasteiger charge is -2.04. The van der Waals surface area contributed by atoms with Crippen LogP contribution >= 0.6 is 0 Å². The van der Waals surface area contributed by atoms with Crippen molar-refractivity contribution in [2.75, 3.05) is 11.9 Å². The molecule has 0 saturated heterocycles. The Morgan fingerprint density at radius 1 is 1.23 bits per heavy atom. The smallest absolute Gasteiger partial charge is 0.123 e. The van der Waals surface area contributed by atoms with Crippen molar-refractivity contribution in [2.45, 2.75) is 19.3 Å². The molecule has 1 fully saturated rings. The minimum Gasteiger partial charge on any atom is -0.385 e. The minimum absolute atomic E-state index is 0.173. The average molecular weight is 179 g/mol. The van der Waals surface area contributed by atoms with E-state index in [4.69, 9.17) is 0 Å². The van der Waals surface area contributed by atoms with Crippen LogP contribution in [0, 0.1) is 11.7 Å². The molecular formula is C11H14FN. The number of hydrogen-bond donors (Lipinski definition) is 1. The fraction of sp³-hybridized carbons (Fsp3) is 0.455. The highest BCUT2D eigenvalue weighted by Gasteiger charge is 2.19. The van der Waals surface area contributed by atoms with Gasteiger partial charge in [-0.1, -0.05) is 12.8 Å². The molecule has 70 valence electrons. The molecule has 0 bridgehead atoms. The molecule has 0 atom stereocenters. The summed E-state index contributed by atoms with van der Waals surface area (Å²) >= 11 is 0. The van der Waals surface area contributed by atoms with Gasteiger partial charge in [-0.2, -0.15) is 0 Å². The van der Waals surface area contributed by atoms with Gasteiger partial charge in [-0.15, -0.1) is 0 Å². The number of benzene rings is 1. The van der Waals surface area contributed by atoms with Gasteiger partial charge >= 0.3 is 0 Å². The summed E-state index contributed by atoms with van der Waals surface area (Å²) in [5.41, 5.74) is 1.02. The molecule has 0 aromatic heterocycles. The molecule has 1 N–H and O–H groups in total. The summed E-state index contributed by atoms with van der Waals surface area (Å²) in [7, 11) is 0. The van der Waals surface area contributed by atoms with Gasteiger partial charge in [0.1, 0.15) is 5.82 Å². The van der Waals surface area contributed by atoms with Crippen LogP contribution in [0.2, 0.25) is 0 Å². The van der Waals surface area contributed by atoms with Gasteiger partial charge in [0.25, 0.3) is 0 Å². The van der Waals surface area contributed by atoms with Crippen molar-refractivity contribution in [2.24, 2.45) is 5.92 Å². The van der Waals surface area contributed by atoms with Crippen molar-refractivity contribution in [1.82, 2.24) is 0 Å². The minimum atomic E-state index is -0.173. The van der Waals surface area contributed by atoms with Gasteiger partial charge in [0.2, 0.25) is 0 Å². The molecule has 2 rings (SSSR count). The molecule has 1 aromatic rings. The third kappa shape index (κ3) is 2.72. The molecule has 0 radical (unpaired) electrons. The Kier molecular flexibility index (Phi) is 2.48. The lowest BCUT2D eigenvalue weighted by molar-refractivity contribution is 0.628. The van der Waals surface area contributed by atoms with Gasteiger partial charge in [-0.25, -0.2) is 4.39 Å². The van der Waals surface area contributed by atoms with E-state index in [-0.39, 0.29) is 5.82 Å². The Labute approximate surface area is 78.0 Å². The van der Waals surface area contributed by atoms with Crippen LogP contribution in [-0.2, 0) is 0 Å². The number of halogens is 1. The van der Waals surface area contributed by atoms with Gasteiger partial charge in [0, 0.05) is 12.2 Å². The first kappa shape index (κ1) is 8.54. The van der Waals surface area contributed by atoms with E-state index in [1.54, 1.807) is 12.1 Å². The summed E-state index contributed by atoms with van der Waals surface area (Å²) in [5, 5.41) is 3.28. The van der Waals surface area contributed by atoms with Crippen LogP contribution < -0.4 is 5.32 Å². The molecule has 1 nitrogen and oxygen atoms in total. The topological polar surface area (TPSA) is 12.0 Å². The summed E-state index contributed by atoms with van der Waals surface area (Å²) in [6, 6.07) is 6.53. The van der Waals surface area contributed by atoms with E-state index in [0.29, 0.717) is 0 Å². The molecule has 1 aliphatic carbocycles. The molecule has 0 heterocycles. The van der Waals surface area contributed by atoms with E-state index in [1.165, 1.54) is 31.4 Å². The second-order valence-electron chi connectivity index (χ2n) is 3.67. The maximum absolute atomic E-state index is 12.5. The largest absolute Gasteiger partial charge is 0.385 e. The van der Waals surface area contributed by atoms with Crippen LogP contribution in [-0.4, -0.2) is 6.54 Å². The van der Waals surface area contributed by atoms with E-state index < -0.39 is 0 Å². The molecule has 0 amide bonds. The van der Waals surface area contributed by atoms with Crippen molar-refractivity contribution in [3.8, 4) is 0 Å². The second kappa shape index (κ2) is 3.77. The fourth-order valence-electron chi connectivity index (χ4n) is 1.39. The van der Waals surface area contributed by atoms with Crippen molar-refractivity contribution in [3.63, 3.8) is 0 Å². The summed E-state index contributed by atoms with van der Waals surface area (Å²) in [4.78, 5) is 0. The normalized spacial score (nSPS) is 15.8. The maximum atomic E-state index is 12.5. The third-order valence-corrected chi connectivity index (χ3v) is 2.42. The number of nitrogens with one attached hydrogen (secondary N) is 1. The van der Waals surface area contributed by atoms with Gasteiger partial charge in [-0.3, -0.25) is 0 Å². The molecule has 0 spiro atoms. The van der Waals surface area contributed by atoms with Crippen LogP contribution in [0.1, 0.15) is 19.3 Å². The quantitative estimate of drug-likeness (QED) is 0.749. The highest BCUT2D eigenvalue weighted by molar-refractivity contribution is 5.42. The molecular weight excluding hydrogens is 165 g/mol. The second-order valence-corrected chi connectivity index (χ2v) is 3.67. The zero-order valence-electron chi connectivity index (χ0n) is 7.59. The van der Waals surface area contributed by atoms with Crippen LogP contribution in [0.4, 0.5) is 10.1 Å². The number of anilines is 1. The maximum Gasteiger partial charge on any atom is 0.123 e. The summed E-state index contributed by atoms with van der Waals surface area (Å²) in [6.45, 7) is 1.01. The Balaban J connectivity index is 1.76. The monoisotopic (exact) mass is 179 g/mol. The fourth-order valence-corrected chi connectivity index (χ4v) is 1.39. The van der Waals surface area contributed by atoms with Crippen LogP contribution in [0.3, 0.4) is 0 Å². The van der Waals surface area contributed by atoms with Gasteiger partial charge in [-0.05, 0) is 36.6 Å². The van der Waals surface area contributed by atoms with E-state index in [1.807, 2.05) is 0 Å². The number of rotatable bonds is 4. The van der Waals surface area contributed by atoms with Crippen molar-refractivity contribution in [3.05, 3.63) is 30.1 Å². The molecule has 2 heteroatoms. The lowest BCUT2D eigenvalue weighted by atomic mass is 10.2.